The average molecular weight is 342 g/mol. The molecule has 0 heterocycles. The van der Waals surface area contributed by atoms with Gasteiger partial charge in [0.05, 0.1) is 52.1 Å². The molecule has 0 amide bonds. The molecule has 4 unspecified atom stereocenters. The van der Waals surface area contributed by atoms with Gasteiger partial charge >= 0.3 is 23.9 Å². The maximum Gasteiger partial charge on any atom is 0.309 e. The maximum atomic E-state index is 12.3. The van der Waals surface area contributed by atoms with Crippen molar-refractivity contribution < 1.29 is 38.1 Å². The van der Waals surface area contributed by atoms with E-state index in [0.717, 1.165) is 0 Å². The van der Waals surface area contributed by atoms with Gasteiger partial charge in [0, 0.05) is 0 Å². The summed E-state index contributed by atoms with van der Waals surface area (Å²) in [5.74, 6) is -6.79. The summed E-state index contributed by atoms with van der Waals surface area (Å²) in [4.78, 5) is 49.2. The predicted molar refractivity (Wildman–Crippen MR) is 78.2 cm³/mol. The summed E-state index contributed by atoms with van der Waals surface area (Å²) in [6.45, 7) is 0. The molecule has 3 saturated carbocycles. The Morgan fingerprint density at radius 2 is 0.750 bits per heavy atom. The van der Waals surface area contributed by atoms with Crippen LogP contribution >= 0.6 is 0 Å². The minimum atomic E-state index is -0.841. The molecule has 3 rings (SSSR count). The predicted octanol–water partition coefficient (Wildman–Crippen LogP) is 0.183. The van der Waals surface area contributed by atoms with Crippen LogP contribution in [0.25, 0.3) is 0 Å². The largest absolute Gasteiger partial charge is 0.469 e. The van der Waals surface area contributed by atoms with E-state index in [2.05, 4.69) is 0 Å². The summed E-state index contributed by atoms with van der Waals surface area (Å²) in [5, 5.41) is 0. The van der Waals surface area contributed by atoms with Gasteiger partial charge in [-0.3, -0.25) is 19.2 Å². The summed E-state index contributed by atoms with van der Waals surface area (Å²) in [6, 6.07) is 0. The monoisotopic (exact) mass is 342 g/mol. The molecule has 8 heteroatoms. The Bertz CT molecular complexity index is 450. The van der Waals surface area contributed by atoms with E-state index < -0.39 is 59.4 Å². The lowest BCUT2D eigenvalue weighted by Gasteiger charge is -2.52. The van der Waals surface area contributed by atoms with Gasteiger partial charge in [-0.25, -0.2) is 0 Å². The van der Waals surface area contributed by atoms with E-state index in [1.165, 1.54) is 28.4 Å². The number of methoxy groups -OCH3 is 4. The molecular formula is C16H22O8. The van der Waals surface area contributed by atoms with Crippen LogP contribution in [0.2, 0.25) is 0 Å². The number of rotatable bonds is 4. The van der Waals surface area contributed by atoms with E-state index >= 15 is 0 Å². The minimum Gasteiger partial charge on any atom is -0.469 e. The average Bonchev–Trinajstić information content (AvgIpc) is 2.64. The molecule has 24 heavy (non-hydrogen) atoms. The molecule has 0 aromatic rings. The Hall–Kier alpha value is -2.12. The van der Waals surface area contributed by atoms with Crippen LogP contribution in [0, 0.1) is 35.5 Å². The van der Waals surface area contributed by atoms with Crippen molar-refractivity contribution in [1.29, 1.82) is 0 Å². The van der Waals surface area contributed by atoms with E-state index in [1.807, 2.05) is 0 Å². The zero-order valence-electron chi connectivity index (χ0n) is 14.1. The minimum absolute atomic E-state index is 0.519. The number of ether oxygens (including phenoxy) is 4. The Morgan fingerprint density at radius 1 is 0.542 bits per heavy atom. The van der Waals surface area contributed by atoms with E-state index in [-0.39, 0.29) is 0 Å². The molecule has 0 aromatic carbocycles. The van der Waals surface area contributed by atoms with E-state index in [0.29, 0.717) is 12.8 Å². The van der Waals surface area contributed by atoms with Gasteiger partial charge in [0.1, 0.15) is 0 Å². The third-order valence-corrected chi connectivity index (χ3v) is 5.35. The Labute approximate surface area is 139 Å². The SMILES string of the molecule is COC(=O)C1C2CCC(C1C(=O)OC)C(C(=O)OC)C2C(=O)OC. The smallest absolute Gasteiger partial charge is 0.309 e. The number of carbonyl (C=O) groups is 4. The summed E-state index contributed by atoms with van der Waals surface area (Å²) >= 11 is 0. The van der Waals surface area contributed by atoms with E-state index in [9.17, 15) is 19.2 Å². The second-order valence-corrected chi connectivity index (χ2v) is 6.10. The lowest BCUT2D eigenvalue weighted by Crippen LogP contribution is -2.60. The third kappa shape index (κ3) is 2.74. The maximum absolute atomic E-state index is 12.3. The Kier molecular flexibility index (Phi) is 5.46. The van der Waals surface area contributed by atoms with Crippen LogP contribution in [0.4, 0.5) is 0 Å². The number of carbonyl (C=O) groups excluding carboxylic acids is 4. The molecule has 3 aliphatic carbocycles. The van der Waals surface area contributed by atoms with Crippen molar-refractivity contribution in [2.24, 2.45) is 35.5 Å². The molecule has 8 nitrogen and oxygen atoms in total. The van der Waals surface area contributed by atoms with Crippen LogP contribution in [0.3, 0.4) is 0 Å². The summed E-state index contributed by atoms with van der Waals surface area (Å²) < 4.78 is 19.3. The molecule has 0 aliphatic heterocycles. The molecule has 0 aromatic heterocycles. The summed E-state index contributed by atoms with van der Waals surface area (Å²) in [7, 11) is 4.90. The molecule has 134 valence electrons. The van der Waals surface area contributed by atoms with E-state index in [4.69, 9.17) is 18.9 Å². The van der Waals surface area contributed by atoms with Gasteiger partial charge < -0.3 is 18.9 Å². The topological polar surface area (TPSA) is 105 Å². The molecule has 3 aliphatic rings. The first kappa shape index (κ1) is 18.2. The summed E-state index contributed by atoms with van der Waals surface area (Å²) in [5.41, 5.74) is 0. The number of fused-ring (bicyclic) bond motifs is 3. The van der Waals surface area contributed by atoms with Crippen molar-refractivity contribution in [3.63, 3.8) is 0 Å². The van der Waals surface area contributed by atoms with Gasteiger partial charge in [-0.1, -0.05) is 0 Å². The Morgan fingerprint density at radius 3 is 0.917 bits per heavy atom. The lowest BCUT2D eigenvalue weighted by molar-refractivity contribution is -0.193. The van der Waals surface area contributed by atoms with Gasteiger partial charge in [-0.2, -0.15) is 0 Å². The molecule has 3 fully saturated rings. The fourth-order valence-corrected chi connectivity index (χ4v) is 4.45. The van der Waals surface area contributed by atoms with Crippen LogP contribution in [-0.4, -0.2) is 52.3 Å². The van der Waals surface area contributed by atoms with Crippen molar-refractivity contribution in [1.82, 2.24) is 0 Å². The van der Waals surface area contributed by atoms with Gasteiger partial charge in [-0.15, -0.1) is 0 Å². The first-order valence-electron chi connectivity index (χ1n) is 7.74. The molecule has 4 atom stereocenters. The Balaban J connectivity index is 2.53. The second-order valence-electron chi connectivity index (χ2n) is 6.10. The van der Waals surface area contributed by atoms with Crippen LogP contribution in [0.1, 0.15) is 12.8 Å². The summed E-state index contributed by atoms with van der Waals surface area (Å²) in [6.07, 6.45) is 1.04. The fraction of sp³-hybridized carbons (Fsp3) is 0.750. The first-order valence-corrected chi connectivity index (χ1v) is 7.74. The lowest BCUT2D eigenvalue weighted by atomic mass is 9.50. The molecule has 0 saturated heterocycles. The molecule has 0 N–H and O–H groups in total. The van der Waals surface area contributed by atoms with Crippen LogP contribution in [-0.2, 0) is 38.1 Å². The van der Waals surface area contributed by atoms with Gasteiger partial charge in [0.25, 0.3) is 0 Å². The van der Waals surface area contributed by atoms with Gasteiger partial charge in [0.15, 0.2) is 0 Å². The molecular weight excluding hydrogens is 320 g/mol. The molecule has 0 spiro atoms. The highest BCUT2D eigenvalue weighted by Gasteiger charge is 2.63. The van der Waals surface area contributed by atoms with Crippen LogP contribution in [0.15, 0.2) is 0 Å². The van der Waals surface area contributed by atoms with Crippen molar-refractivity contribution in [2.75, 3.05) is 28.4 Å². The van der Waals surface area contributed by atoms with Gasteiger partial charge in [0.2, 0.25) is 0 Å². The molecule has 2 bridgehead atoms. The van der Waals surface area contributed by atoms with Crippen LogP contribution < -0.4 is 0 Å². The fourth-order valence-electron chi connectivity index (χ4n) is 4.45. The van der Waals surface area contributed by atoms with Crippen molar-refractivity contribution in [2.45, 2.75) is 12.8 Å². The zero-order chi connectivity index (χ0) is 18.0. The number of hydrogen-bond acceptors (Lipinski definition) is 8. The highest BCUT2D eigenvalue weighted by atomic mass is 16.5. The van der Waals surface area contributed by atoms with E-state index in [1.54, 1.807) is 0 Å². The molecule has 0 radical (unpaired) electrons. The van der Waals surface area contributed by atoms with Gasteiger partial charge in [-0.05, 0) is 24.7 Å². The number of esters is 4. The zero-order valence-corrected chi connectivity index (χ0v) is 14.1. The standard InChI is InChI=1S/C16H22O8/c1-21-13(17)9-7-5-6-8(10(9)14(18)22-2)12(16(20)24-4)11(7)15(19)23-3/h7-12H,5-6H2,1-4H3. The van der Waals surface area contributed by atoms with Crippen molar-refractivity contribution >= 4 is 23.9 Å². The quantitative estimate of drug-likeness (QED) is 0.526. The second kappa shape index (κ2) is 7.19. The van der Waals surface area contributed by atoms with Crippen molar-refractivity contribution in [3.05, 3.63) is 0 Å². The highest BCUT2D eigenvalue weighted by molar-refractivity contribution is 5.89. The normalized spacial score (nSPS) is 34.2. The first-order chi connectivity index (χ1) is 11.4. The number of hydrogen-bond donors (Lipinski definition) is 0. The van der Waals surface area contributed by atoms with Crippen molar-refractivity contribution in [3.8, 4) is 0 Å². The third-order valence-electron chi connectivity index (χ3n) is 5.35. The van der Waals surface area contributed by atoms with Crippen LogP contribution in [0.5, 0.6) is 0 Å². The highest BCUT2D eigenvalue weighted by Crippen LogP contribution is 2.56.